The molecular formula is C17H13ClF3IN2O2S. The van der Waals surface area contributed by atoms with E-state index in [0.717, 1.165) is 27.1 Å². The van der Waals surface area contributed by atoms with E-state index in [0.29, 0.717) is 6.20 Å². The van der Waals surface area contributed by atoms with E-state index in [4.69, 9.17) is 16.3 Å². The molecule has 0 bridgehead atoms. The molecule has 1 aromatic heterocycles. The zero-order chi connectivity index (χ0) is 20.0. The molecule has 4 nitrogen and oxygen atoms in total. The van der Waals surface area contributed by atoms with Crippen LogP contribution in [0.3, 0.4) is 0 Å². The number of rotatable bonds is 6. The lowest BCUT2D eigenvalue weighted by atomic mass is 10.3. The number of hydrogen-bond acceptors (Lipinski definition) is 5. The molecule has 0 amide bonds. The molecule has 0 spiro atoms. The number of alkyl halides is 3. The molecule has 1 heterocycles. The molecule has 0 saturated heterocycles. The third kappa shape index (κ3) is 6.58. The maximum absolute atomic E-state index is 12.7. The molecule has 0 unspecified atom stereocenters. The van der Waals surface area contributed by atoms with Crippen molar-refractivity contribution in [2.24, 2.45) is 0 Å². The van der Waals surface area contributed by atoms with Crippen molar-refractivity contribution in [2.45, 2.75) is 18.1 Å². The van der Waals surface area contributed by atoms with Crippen LogP contribution in [0, 0.1) is 3.57 Å². The molecule has 0 aliphatic carbocycles. The number of anilines is 1. The summed E-state index contributed by atoms with van der Waals surface area (Å²) in [6, 6.07) is 8.15. The number of hydrogen-bond donors (Lipinski definition) is 1. The average molecular weight is 529 g/mol. The minimum absolute atomic E-state index is 0.0633. The highest BCUT2D eigenvalue weighted by Crippen LogP contribution is 2.36. The van der Waals surface area contributed by atoms with Crippen molar-refractivity contribution in [1.29, 1.82) is 0 Å². The second kappa shape index (κ2) is 9.65. The first-order chi connectivity index (χ1) is 12.7. The summed E-state index contributed by atoms with van der Waals surface area (Å²) in [4.78, 5) is 16.0. The Morgan fingerprint density at radius 2 is 2.04 bits per heavy atom. The molecule has 27 heavy (non-hydrogen) atoms. The van der Waals surface area contributed by atoms with Crippen LogP contribution in [-0.2, 0) is 15.7 Å². The first-order valence-electron chi connectivity index (χ1n) is 7.50. The Balaban J connectivity index is 2.25. The third-order valence-corrected chi connectivity index (χ3v) is 5.17. The second-order valence-electron chi connectivity index (χ2n) is 4.99. The summed E-state index contributed by atoms with van der Waals surface area (Å²) in [5.74, 6) is -0.640. The third-order valence-electron chi connectivity index (χ3n) is 3.03. The van der Waals surface area contributed by atoms with Crippen molar-refractivity contribution in [3.05, 3.63) is 61.8 Å². The molecule has 1 N–H and O–H groups in total. The number of esters is 1. The van der Waals surface area contributed by atoms with Gasteiger partial charge in [0.2, 0.25) is 0 Å². The first kappa shape index (κ1) is 21.8. The van der Waals surface area contributed by atoms with Crippen molar-refractivity contribution in [2.75, 3.05) is 11.9 Å². The van der Waals surface area contributed by atoms with Gasteiger partial charge in [-0.2, -0.15) is 13.2 Å². The lowest BCUT2D eigenvalue weighted by Gasteiger charge is -2.11. The molecule has 0 atom stereocenters. The van der Waals surface area contributed by atoms with Gasteiger partial charge in [-0.3, -0.25) is 0 Å². The number of ether oxygens (including phenoxy) is 1. The van der Waals surface area contributed by atoms with Crippen LogP contribution in [0.15, 0.2) is 52.7 Å². The van der Waals surface area contributed by atoms with Gasteiger partial charge in [-0.25, -0.2) is 9.78 Å². The van der Waals surface area contributed by atoms with Crippen LogP contribution in [0.2, 0.25) is 5.02 Å². The second-order valence-corrected chi connectivity index (χ2v) is 7.67. The van der Waals surface area contributed by atoms with Crippen LogP contribution < -0.4 is 5.32 Å². The van der Waals surface area contributed by atoms with E-state index < -0.39 is 17.7 Å². The van der Waals surface area contributed by atoms with Crippen LogP contribution >= 0.6 is 46.0 Å². The zero-order valence-electron chi connectivity index (χ0n) is 13.8. The number of benzene rings is 1. The number of halogens is 5. The average Bonchev–Trinajstić information content (AvgIpc) is 2.60. The molecule has 10 heteroatoms. The Labute approximate surface area is 176 Å². The van der Waals surface area contributed by atoms with Gasteiger partial charge in [0.1, 0.15) is 9.93 Å². The Morgan fingerprint density at radius 3 is 2.59 bits per heavy atom. The highest BCUT2D eigenvalue weighted by molar-refractivity contribution is 14.1. The van der Waals surface area contributed by atoms with Gasteiger partial charge in [0.05, 0.1) is 17.2 Å². The van der Waals surface area contributed by atoms with Crippen LogP contribution in [-0.4, -0.2) is 17.6 Å². The number of carbonyl (C=O) groups excluding carboxylic acids is 1. The maximum atomic E-state index is 12.7. The van der Waals surface area contributed by atoms with Crippen molar-refractivity contribution in [1.82, 2.24) is 4.98 Å². The van der Waals surface area contributed by atoms with E-state index in [1.165, 1.54) is 6.20 Å². The molecule has 0 aliphatic rings. The molecular weight excluding hydrogens is 516 g/mol. The van der Waals surface area contributed by atoms with Crippen LogP contribution in [0.4, 0.5) is 18.9 Å². The number of carbonyl (C=O) groups is 1. The van der Waals surface area contributed by atoms with Crippen LogP contribution in [0.1, 0.15) is 12.5 Å². The Morgan fingerprint density at radius 1 is 1.37 bits per heavy atom. The fourth-order valence-electron chi connectivity index (χ4n) is 1.79. The molecule has 0 aliphatic heterocycles. The molecule has 2 rings (SSSR count). The summed E-state index contributed by atoms with van der Waals surface area (Å²) in [5.41, 5.74) is -0.236. The van der Waals surface area contributed by atoms with Gasteiger partial charge >= 0.3 is 12.1 Å². The van der Waals surface area contributed by atoms with E-state index in [1.54, 1.807) is 6.92 Å². The molecule has 0 radical (unpaired) electrons. The molecule has 0 fully saturated rings. The molecule has 1 aromatic carbocycles. The van der Waals surface area contributed by atoms with E-state index in [1.807, 2.05) is 24.3 Å². The van der Waals surface area contributed by atoms with Gasteiger partial charge in [-0.1, -0.05) is 23.4 Å². The smallest absolute Gasteiger partial charge is 0.417 e. The van der Waals surface area contributed by atoms with Crippen molar-refractivity contribution in [3.63, 3.8) is 0 Å². The van der Waals surface area contributed by atoms with Crippen LogP contribution in [0.25, 0.3) is 0 Å². The largest absolute Gasteiger partial charge is 0.462 e. The van der Waals surface area contributed by atoms with E-state index in [9.17, 15) is 18.0 Å². The quantitative estimate of drug-likeness (QED) is 0.217. The lowest BCUT2D eigenvalue weighted by Crippen LogP contribution is -2.08. The van der Waals surface area contributed by atoms with Gasteiger partial charge in [0.25, 0.3) is 0 Å². The van der Waals surface area contributed by atoms with Gasteiger partial charge in [0, 0.05) is 21.7 Å². The predicted molar refractivity (Wildman–Crippen MR) is 108 cm³/mol. The number of nitrogens with one attached hydrogen (secondary N) is 1. The SMILES string of the molecule is CCOC(=O)/C(=C\Nc1ccc(I)cc1)Sc1ncc(C(F)(F)F)cc1Cl. The highest BCUT2D eigenvalue weighted by Gasteiger charge is 2.31. The normalized spacial score (nSPS) is 12.0. The molecule has 2 aromatic rings. The number of thioether (sulfide) groups is 1. The minimum atomic E-state index is -4.55. The monoisotopic (exact) mass is 528 g/mol. The molecule has 144 valence electrons. The molecule has 0 saturated carbocycles. The van der Waals surface area contributed by atoms with E-state index in [-0.39, 0.29) is 21.6 Å². The van der Waals surface area contributed by atoms with Crippen molar-refractivity contribution in [3.8, 4) is 0 Å². The van der Waals surface area contributed by atoms with Crippen molar-refractivity contribution >= 4 is 57.6 Å². The summed E-state index contributed by atoms with van der Waals surface area (Å²) >= 11 is 8.89. The summed E-state index contributed by atoms with van der Waals surface area (Å²) in [6.07, 6.45) is -2.48. The summed E-state index contributed by atoms with van der Waals surface area (Å²) in [5, 5.41) is 2.80. The van der Waals surface area contributed by atoms with Gasteiger partial charge < -0.3 is 10.1 Å². The Kier molecular flexibility index (Phi) is 7.80. The van der Waals surface area contributed by atoms with Gasteiger partial charge in [-0.05, 0) is 59.8 Å². The summed E-state index contributed by atoms with van der Waals surface area (Å²) in [7, 11) is 0. The first-order valence-corrected chi connectivity index (χ1v) is 9.78. The van der Waals surface area contributed by atoms with Crippen molar-refractivity contribution < 1.29 is 22.7 Å². The topological polar surface area (TPSA) is 51.2 Å². The highest BCUT2D eigenvalue weighted by atomic mass is 127. The lowest BCUT2D eigenvalue weighted by molar-refractivity contribution is -0.138. The standard InChI is InChI=1S/C17H13ClF3IN2O2S/c1-2-26-16(25)14(9-23-12-5-3-11(22)4-6-12)27-15-13(18)7-10(8-24-15)17(19,20)21/h3-9,23H,2H2,1H3/b14-9+. The van der Waals surface area contributed by atoms with Gasteiger partial charge in [0.15, 0.2) is 0 Å². The van der Waals surface area contributed by atoms with Crippen LogP contribution in [0.5, 0.6) is 0 Å². The zero-order valence-corrected chi connectivity index (χ0v) is 17.5. The summed E-state index contributed by atoms with van der Waals surface area (Å²) < 4.78 is 44.2. The summed E-state index contributed by atoms with van der Waals surface area (Å²) in [6.45, 7) is 1.80. The number of aromatic nitrogens is 1. The number of pyridine rings is 1. The Bertz CT molecular complexity index is 845. The predicted octanol–water partition coefficient (Wildman–Crippen LogP) is 5.97. The Hall–Kier alpha value is -1.46. The van der Waals surface area contributed by atoms with E-state index in [2.05, 4.69) is 32.9 Å². The number of nitrogens with zero attached hydrogens (tertiary/aromatic N) is 1. The fourth-order valence-corrected chi connectivity index (χ4v) is 3.16. The maximum Gasteiger partial charge on any atom is 0.417 e. The van der Waals surface area contributed by atoms with Gasteiger partial charge in [-0.15, -0.1) is 0 Å². The van der Waals surface area contributed by atoms with E-state index >= 15 is 0 Å². The minimum Gasteiger partial charge on any atom is -0.462 e. The fraction of sp³-hybridized carbons (Fsp3) is 0.176.